The van der Waals surface area contributed by atoms with Crippen LogP contribution in [0.4, 0.5) is 5.69 Å². The number of aromatic nitrogens is 1. The largest absolute Gasteiger partial charge is 0.508 e. The van der Waals surface area contributed by atoms with E-state index in [9.17, 15) is 15.0 Å². The van der Waals surface area contributed by atoms with Gasteiger partial charge in [0.25, 0.3) is 0 Å². The molecule has 1 saturated heterocycles. The molecule has 1 aliphatic heterocycles. The maximum absolute atomic E-state index is 12.1. The molecule has 0 bridgehead atoms. The summed E-state index contributed by atoms with van der Waals surface area (Å²) in [6, 6.07) is 20.3. The number of aromatic hydroxyl groups is 2. The molecule has 3 N–H and O–H groups in total. The monoisotopic (exact) mass is 499 g/mol. The van der Waals surface area contributed by atoms with Gasteiger partial charge in [-0.3, -0.25) is 9.88 Å². The molecule has 2 heterocycles. The van der Waals surface area contributed by atoms with Crippen molar-refractivity contribution in [1.82, 2.24) is 9.88 Å². The molecule has 5 rings (SSSR count). The van der Waals surface area contributed by atoms with Crippen molar-refractivity contribution in [3.63, 3.8) is 0 Å². The molecule has 4 aromatic rings. The van der Waals surface area contributed by atoms with E-state index in [-0.39, 0.29) is 30.3 Å². The third-order valence-corrected chi connectivity index (χ3v) is 6.40. The number of nitrogens with zero attached hydrogens (tertiary/aromatic N) is 2. The number of hydrogen-bond acceptors (Lipinski definition) is 8. The van der Waals surface area contributed by atoms with Crippen LogP contribution in [0.2, 0.25) is 0 Å². The van der Waals surface area contributed by atoms with Crippen LogP contribution in [0, 0.1) is 0 Å². The normalized spacial score (nSPS) is 15.5. The molecule has 0 aliphatic carbocycles. The average molecular weight is 500 g/mol. The summed E-state index contributed by atoms with van der Waals surface area (Å²) in [6.07, 6.45) is 4.78. The molecule has 1 fully saturated rings. The number of likely N-dealkylation sites (tertiary alicyclic amines) is 1. The number of carbonyl (C=O) groups excluding carboxylic acids is 1. The highest BCUT2D eigenvalue weighted by molar-refractivity contribution is 5.93. The molecule has 190 valence electrons. The van der Waals surface area contributed by atoms with Crippen LogP contribution in [0.5, 0.6) is 17.2 Å². The molecule has 1 atom stereocenters. The Morgan fingerprint density at radius 3 is 2.86 bits per heavy atom. The molecule has 3 aromatic carbocycles. The molecule has 0 radical (unpaired) electrons. The van der Waals surface area contributed by atoms with E-state index in [0.29, 0.717) is 11.8 Å². The number of benzene rings is 3. The van der Waals surface area contributed by atoms with E-state index >= 15 is 0 Å². The van der Waals surface area contributed by atoms with Gasteiger partial charge in [0.1, 0.15) is 36.0 Å². The summed E-state index contributed by atoms with van der Waals surface area (Å²) in [5.74, 6) is -0.385. The summed E-state index contributed by atoms with van der Waals surface area (Å²) in [5, 5.41) is 25.3. The average Bonchev–Trinajstić information content (AvgIpc) is 3.35. The van der Waals surface area contributed by atoms with Gasteiger partial charge >= 0.3 is 5.97 Å². The Kier molecular flexibility index (Phi) is 7.37. The molecule has 0 saturated carbocycles. The number of hydrogen-bond donors (Lipinski definition) is 3. The fraction of sp³-hybridized carbons (Fsp3) is 0.241. The highest BCUT2D eigenvalue weighted by Crippen LogP contribution is 2.26. The van der Waals surface area contributed by atoms with Gasteiger partial charge in [-0.05, 0) is 54.4 Å². The second-order valence-corrected chi connectivity index (χ2v) is 9.10. The fourth-order valence-corrected chi connectivity index (χ4v) is 4.61. The van der Waals surface area contributed by atoms with E-state index in [1.54, 1.807) is 0 Å². The zero-order valence-corrected chi connectivity index (χ0v) is 20.3. The molecule has 8 nitrogen and oxygen atoms in total. The molecular weight excluding hydrogens is 470 g/mol. The fourth-order valence-electron chi connectivity index (χ4n) is 4.61. The van der Waals surface area contributed by atoms with Crippen molar-refractivity contribution >= 4 is 22.4 Å². The van der Waals surface area contributed by atoms with Crippen LogP contribution in [-0.4, -0.2) is 58.4 Å². The summed E-state index contributed by atoms with van der Waals surface area (Å²) in [6.45, 7) is 2.96. The van der Waals surface area contributed by atoms with E-state index in [1.165, 1.54) is 23.6 Å². The highest BCUT2D eigenvalue weighted by Gasteiger charge is 2.23. The van der Waals surface area contributed by atoms with Crippen molar-refractivity contribution in [2.45, 2.75) is 19.0 Å². The Balaban J connectivity index is 1.09. The maximum Gasteiger partial charge on any atom is 0.342 e. The molecule has 1 aromatic heterocycles. The summed E-state index contributed by atoms with van der Waals surface area (Å²) >= 11 is 0. The van der Waals surface area contributed by atoms with E-state index in [0.717, 1.165) is 42.7 Å². The standard InChI is InChI=1S/C29H29N3O5/c33-23-7-8-28(34)26(16-23)29(35)37-14-13-36-24-5-1-3-20(15-24)18-32-12-10-22(19-32)31-27-6-2-4-21-17-30-11-9-25(21)27/h1-9,11,15-17,22,31,33-34H,10,12-14,18-19H2. The molecule has 0 amide bonds. The Bertz CT molecular complexity index is 1390. The number of phenolic OH excluding ortho intramolecular Hbond substituents is 2. The zero-order valence-electron chi connectivity index (χ0n) is 20.3. The predicted molar refractivity (Wildman–Crippen MR) is 141 cm³/mol. The molecule has 8 heteroatoms. The van der Waals surface area contributed by atoms with Gasteiger partial charge in [-0.25, -0.2) is 4.79 Å². The van der Waals surface area contributed by atoms with Crippen LogP contribution >= 0.6 is 0 Å². The second-order valence-electron chi connectivity index (χ2n) is 9.10. The van der Waals surface area contributed by atoms with Crippen molar-refractivity contribution in [1.29, 1.82) is 0 Å². The first-order chi connectivity index (χ1) is 18.0. The Labute approximate surface area is 215 Å². The van der Waals surface area contributed by atoms with Crippen molar-refractivity contribution in [2.24, 2.45) is 0 Å². The summed E-state index contributed by atoms with van der Waals surface area (Å²) < 4.78 is 10.9. The zero-order chi connectivity index (χ0) is 25.6. The third-order valence-electron chi connectivity index (χ3n) is 6.40. The molecule has 1 aliphatic rings. The van der Waals surface area contributed by atoms with Gasteiger partial charge in [0.2, 0.25) is 0 Å². The maximum atomic E-state index is 12.1. The SMILES string of the molecule is O=C(OCCOc1cccc(CN2CCC(Nc3cccc4cnccc34)C2)c1)c1cc(O)ccc1O. The molecule has 37 heavy (non-hydrogen) atoms. The van der Waals surface area contributed by atoms with Crippen molar-refractivity contribution in [3.8, 4) is 17.2 Å². The lowest BCUT2D eigenvalue weighted by atomic mass is 10.1. The number of carbonyl (C=O) groups is 1. The minimum atomic E-state index is -0.719. The third kappa shape index (κ3) is 6.10. The molecular formula is C29H29N3O5. The van der Waals surface area contributed by atoms with Gasteiger partial charge in [0.05, 0.1) is 0 Å². The van der Waals surface area contributed by atoms with Crippen molar-refractivity contribution in [2.75, 3.05) is 31.6 Å². The van der Waals surface area contributed by atoms with Gasteiger partial charge in [0, 0.05) is 54.5 Å². The van der Waals surface area contributed by atoms with E-state index in [1.807, 2.05) is 36.7 Å². The summed E-state index contributed by atoms with van der Waals surface area (Å²) in [4.78, 5) is 18.8. The van der Waals surface area contributed by atoms with Crippen LogP contribution < -0.4 is 10.1 Å². The molecule has 0 spiro atoms. The lowest BCUT2D eigenvalue weighted by molar-refractivity contribution is 0.0446. The van der Waals surface area contributed by atoms with E-state index < -0.39 is 5.97 Å². The lowest BCUT2D eigenvalue weighted by Gasteiger charge is -2.19. The number of pyridine rings is 1. The minimum Gasteiger partial charge on any atom is -0.508 e. The topological polar surface area (TPSA) is 104 Å². The number of nitrogens with one attached hydrogen (secondary N) is 1. The first kappa shape index (κ1) is 24.4. The first-order valence-electron chi connectivity index (χ1n) is 12.3. The lowest BCUT2D eigenvalue weighted by Crippen LogP contribution is -2.26. The number of phenols is 2. The highest BCUT2D eigenvalue weighted by atomic mass is 16.6. The van der Waals surface area contributed by atoms with Gasteiger partial charge in [-0.2, -0.15) is 0 Å². The van der Waals surface area contributed by atoms with Crippen LogP contribution in [0.15, 0.2) is 79.1 Å². The van der Waals surface area contributed by atoms with Crippen molar-refractivity contribution in [3.05, 3.63) is 90.3 Å². The van der Waals surface area contributed by atoms with Gasteiger partial charge < -0.3 is 25.0 Å². The van der Waals surface area contributed by atoms with Crippen LogP contribution in [0.25, 0.3) is 10.8 Å². The minimum absolute atomic E-state index is 0.0157. The number of ether oxygens (including phenoxy) is 2. The predicted octanol–water partition coefficient (Wildman–Crippen LogP) is 4.57. The van der Waals surface area contributed by atoms with E-state index in [2.05, 4.69) is 39.5 Å². The van der Waals surface area contributed by atoms with Gasteiger partial charge in [0.15, 0.2) is 0 Å². The Morgan fingerprint density at radius 1 is 1.05 bits per heavy atom. The summed E-state index contributed by atoms with van der Waals surface area (Å²) in [7, 11) is 0. The smallest absolute Gasteiger partial charge is 0.342 e. The molecule has 1 unspecified atom stereocenters. The van der Waals surface area contributed by atoms with Crippen LogP contribution in [0.1, 0.15) is 22.3 Å². The number of rotatable bonds is 9. The van der Waals surface area contributed by atoms with Crippen LogP contribution in [-0.2, 0) is 11.3 Å². The Morgan fingerprint density at radius 2 is 1.95 bits per heavy atom. The Hall–Kier alpha value is -4.30. The first-order valence-corrected chi connectivity index (χ1v) is 12.3. The van der Waals surface area contributed by atoms with Crippen molar-refractivity contribution < 1.29 is 24.5 Å². The summed E-state index contributed by atoms with van der Waals surface area (Å²) in [5.41, 5.74) is 2.20. The van der Waals surface area contributed by atoms with Gasteiger partial charge in [-0.1, -0.05) is 24.3 Å². The quantitative estimate of drug-likeness (QED) is 0.175. The number of anilines is 1. The number of esters is 1. The second kappa shape index (κ2) is 11.2. The van der Waals surface area contributed by atoms with E-state index in [4.69, 9.17) is 9.47 Å². The van der Waals surface area contributed by atoms with Gasteiger partial charge in [-0.15, -0.1) is 0 Å². The van der Waals surface area contributed by atoms with Crippen LogP contribution in [0.3, 0.4) is 0 Å². The number of fused-ring (bicyclic) bond motifs is 1.